The predicted octanol–water partition coefficient (Wildman–Crippen LogP) is 2.64. The number of rotatable bonds is 1. The van der Waals surface area contributed by atoms with Gasteiger partial charge >= 0.3 is 11.9 Å². The van der Waals surface area contributed by atoms with E-state index < -0.39 is 28.2 Å². The molecule has 0 radical (unpaired) electrons. The molecule has 3 nitrogen and oxygen atoms in total. The molecule has 0 amide bonds. The topological polar surface area (TPSA) is 40.3 Å². The molecule has 0 atom stereocenters. The minimum atomic E-state index is -4.68. The number of hydrogen-bond acceptors (Lipinski definition) is 1. The Hall–Kier alpha value is -1.66. The molecule has 1 aromatic rings. The predicted molar refractivity (Wildman–Crippen MR) is 36.5 cm³/mol. The standard InChI is InChI=1S/C7H4F4NO2/c8-5-2-1-4(7(9,10)11)3-6(5)12(13)14/h1-3H,(H,13,14)/q+1. The van der Waals surface area contributed by atoms with Crippen molar-refractivity contribution in [2.75, 3.05) is 0 Å². The van der Waals surface area contributed by atoms with Crippen molar-refractivity contribution in [1.29, 1.82) is 0 Å². The molecule has 0 aliphatic carbocycles. The van der Waals surface area contributed by atoms with Gasteiger partial charge in [-0.3, -0.25) is 0 Å². The average Bonchev–Trinajstić information content (AvgIpc) is 2.02. The highest BCUT2D eigenvalue weighted by atomic mass is 19.4. The largest absolute Gasteiger partial charge is 0.416 e. The number of hydrogen-bond donors (Lipinski definition) is 1. The van der Waals surface area contributed by atoms with Gasteiger partial charge in [0.15, 0.2) is 0 Å². The summed E-state index contributed by atoms with van der Waals surface area (Å²) in [5, 5.41) is 8.27. The van der Waals surface area contributed by atoms with Gasteiger partial charge in [-0.05, 0) is 12.1 Å². The molecule has 7 heteroatoms. The van der Waals surface area contributed by atoms with Crippen molar-refractivity contribution >= 4 is 5.69 Å². The van der Waals surface area contributed by atoms with Crippen LogP contribution >= 0.6 is 0 Å². The third-order valence-electron chi connectivity index (χ3n) is 1.48. The normalized spacial score (nSPS) is 11.4. The van der Waals surface area contributed by atoms with Crippen LogP contribution in [0.15, 0.2) is 18.2 Å². The fourth-order valence-electron chi connectivity index (χ4n) is 0.836. The van der Waals surface area contributed by atoms with Crippen molar-refractivity contribution in [1.82, 2.24) is 0 Å². The summed E-state index contributed by atoms with van der Waals surface area (Å²) in [5.74, 6) is -1.23. The lowest BCUT2D eigenvalue weighted by molar-refractivity contribution is -0.731. The van der Waals surface area contributed by atoms with E-state index in [1.165, 1.54) is 0 Å². The number of alkyl halides is 3. The molecule has 14 heavy (non-hydrogen) atoms. The molecule has 0 saturated heterocycles. The zero-order valence-corrected chi connectivity index (χ0v) is 6.55. The van der Waals surface area contributed by atoms with Crippen LogP contribution in [0.2, 0.25) is 0 Å². The Morgan fingerprint density at radius 3 is 2.29 bits per heavy atom. The Bertz CT molecular complexity index is 374. The molecule has 0 spiro atoms. The summed E-state index contributed by atoms with van der Waals surface area (Å²) in [7, 11) is 0. The first kappa shape index (κ1) is 10.4. The summed E-state index contributed by atoms with van der Waals surface area (Å²) in [6.45, 7) is 0. The van der Waals surface area contributed by atoms with E-state index in [4.69, 9.17) is 5.21 Å². The third-order valence-corrected chi connectivity index (χ3v) is 1.48. The van der Waals surface area contributed by atoms with E-state index in [1.54, 1.807) is 0 Å². The van der Waals surface area contributed by atoms with Gasteiger partial charge in [0, 0.05) is 6.07 Å². The highest BCUT2D eigenvalue weighted by molar-refractivity contribution is 5.36. The molecule has 0 saturated carbocycles. The van der Waals surface area contributed by atoms with Crippen LogP contribution in [0.1, 0.15) is 5.56 Å². The molecule has 1 N–H and O–H groups in total. The number of nitrogens with zero attached hydrogens (tertiary/aromatic N) is 1. The van der Waals surface area contributed by atoms with Crippen molar-refractivity contribution in [3.63, 3.8) is 0 Å². The van der Waals surface area contributed by atoms with Gasteiger partial charge in [0.1, 0.15) is 0 Å². The molecular formula is C7H4F4NO2+. The Morgan fingerprint density at radius 2 is 1.86 bits per heavy atom. The summed E-state index contributed by atoms with van der Waals surface area (Å²) in [6.07, 6.45) is -4.68. The van der Waals surface area contributed by atoms with Crippen LogP contribution in [-0.2, 0) is 6.18 Å². The SMILES string of the molecule is O=[N+](O)c1cc(C(F)(F)F)ccc1F. The van der Waals surface area contributed by atoms with E-state index >= 15 is 0 Å². The zero-order chi connectivity index (χ0) is 10.9. The van der Waals surface area contributed by atoms with Crippen LogP contribution in [0.5, 0.6) is 0 Å². The van der Waals surface area contributed by atoms with E-state index in [0.29, 0.717) is 12.1 Å². The first-order valence-electron chi connectivity index (χ1n) is 3.35. The lowest BCUT2D eigenvalue weighted by atomic mass is 10.2. The molecule has 1 rings (SSSR count). The lowest BCUT2D eigenvalue weighted by Gasteiger charge is -2.04. The lowest BCUT2D eigenvalue weighted by Crippen LogP contribution is -2.06. The molecular weight excluding hydrogens is 206 g/mol. The van der Waals surface area contributed by atoms with Crippen LogP contribution in [0, 0.1) is 10.7 Å². The van der Waals surface area contributed by atoms with E-state index in [0.717, 1.165) is 0 Å². The molecule has 0 aliphatic rings. The van der Waals surface area contributed by atoms with Gasteiger partial charge in [0.25, 0.3) is 4.92 Å². The molecule has 0 fully saturated rings. The second-order valence-electron chi connectivity index (χ2n) is 2.44. The Balaban J connectivity index is 3.27. The van der Waals surface area contributed by atoms with Crippen LogP contribution in [0.4, 0.5) is 23.2 Å². The van der Waals surface area contributed by atoms with Crippen molar-refractivity contribution in [2.24, 2.45) is 0 Å². The molecule has 1 aromatic carbocycles. The van der Waals surface area contributed by atoms with Crippen molar-refractivity contribution in [3.8, 4) is 0 Å². The summed E-state index contributed by atoms with van der Waals surface area (Å²) >= 11 is 0. The minimum Gasteiger partial charge on any atom is -0.241 e. The van der Waals surface area contributed by atoms with Gasteiger partial charge in [0.2, 0.25) is 5.82 Å². The van der Waals surface area contributed by atoms with Gasteiger partial charge in [-0.15, -0.1) is 0 Å². The second-order valence-corrected chi connectivity index (χ2v) is 2.44. The third kappa shape index (κ3) is 1.98. The van der Waals surface area contributed by atoms with E-state index in [-0.39, 0.29) is 6.07 Å². The quantitative estimate of drug-likeness (QED) is 0.571. The first-order chi connectivity index (χ1) is 6.32. The molecule has 0 bridgehead atoms. The maximum absolute atomic E-state index is 12.6. The summed E-state index contributed by atoms with van der Waals surface area (Å²) in [4.78, 5) is 9.26. The molecule has 0 unspecified atom stereocenters. The van der Waals surface area contributed by atoms with Crippen LogP contribution < -0.4 is 0 Å². The Morgan fingerprint density at radius 1 is 1.29 bits per heavy atom. The van der Waals surface area contributed by atoms with Gasteiger partial charge in [-0.1, -0.05) is 0 Å². The maximum atomic E-state index is 12.6. The second kappa shape index (κ2) is 3.24. The highest BCUT2D eigenvalue weighted by Crippen LogP contribution is 2.32. The molecule has 0 aromatic heterocycles. The minimum absolute atomic E-state index is 0.225. The fraction of sp³-hybridized carbons (Fsp3) is 0.143. The van der Waals surface area contributed by atoms with Crippen LogP contribution in [0.3, 0.4) is 0 Å². The molecule has 76 valence electrons. The van der Waals surface area contributed by atoms with Gasteiger partial charge in [-0.25, -0.2) is 5.21 Å². The number of halogens is 4. The maximum Gasteiger partial charge on any atom is 0.416 e. The zero-order valence-electron chi connectivity index (χ0n) is 6.55. The van der Waals surface area contributed by atoms with E-state index in [1.807, 2.05) is 0 Å². The summed E-state index contributed by atoms with van der Waals surface area (Å²) in [6, 6.07) is 1.16. The van der Waals surface area contributed by atoms with E-state index in [9.17, 15) is 22.5 Å². The fourth-order valence-corrected chi connectivity index (χ4v) is 0.836. The van der Waals surface area contributed by atoms with Gasteiger partial charge in [-0.2, -0.15) is 17.6 Å². The highest BCUT2D eigenvalue weighted by Gasteiger charge is 2.34. The van der Waals surface area contributed by atoms with Crippen molar-refractivity contribution < 1.29 is 27.7 Å². The molecule has 0 heterocycles. The van der Waals surface area contributed by atoms with Crippen LogP contribution in [0.25, 0.3) is 0 Å². The van der Waals surface area contributed by atoms with Crippen molar-refractivity contribution in [2.45, 2.75) is 6.18 Å². The Labute approximate surface area is 75.1 Å². The Kier molecular flexibility index (Phi) is 2.41. The van der Waals surface area contributed by atoms with Crippen molar-refractivity contribution in [3.05, 3.63) is 34.5 Å². The van der Waals surface area contributed by atoms with E-state index in [2.05, 4.69) is 0 Å². The summed E-state index contributed by atoms with van der Waals surface area (Å²) < 4.78 is 48.8. The van der Waals surface area contributed by atoms with Gasteiger partial charge in [0.05, 0.1) is 10.5 Å². The molecule has 0 aliphatic heterocycles. The van der Waals surface area contributed by atoms with Gasteiger partial charge < -0.3 is 0 Å². The monoisotopic (exact) mass is 210 g/mol. The summed E-state index contributed by atoms with van der Waals surface area (Å²) in [5.41, 5.74) is -2.27. The number of benzene rings is 1. The van der Waals surface area contributed by atoms with Crippen LogP contribution in [-0.4, -0.2) is 10.1 Å². The average molecular weight is 210 g/mol. The smallest absolute Gasteiger partial charge is 0.241 e. The first-order valence-corrected chi connectivity index (χ1v) is 3.35.